The minimum absolute atomic E-state index is 0.186. The first-order valence-electron chi connectivity index (χ1n) is 4.21. The molecule has 1 aromatic rings. The van der Waals surface area contributed by atoms with E-state index in [-0.39, 0.29) is 5.41 Å². The lowest BCUT2D eigenvalue weighted by molar-refractivity contribution is 0.698. The first-order valence-corrected chi connectivity index (χ1v) is 5.00. The third-order valence-corrected chi connectivity index (χ3v) is 2.58. The Morgan fingerprint density at radius 3 is 2.38 bits per heavy atom. The molecule has 68 valence electrons. The normalized spacial score (nSPS) is 11.0. The molecule has 0 radical (unpaired) electrons. The van der Waals surface area contributed by atoms with Crippen LogP contribution in [0.4, 0.5) is 0 Å². The smallest absolute Gasteiger partial charge is 0.0504 e. The van der Waals surface area contributed by atoms with Crippen molar-refractivity contribution in [1.82, 2.24) is 0 Å². The van der Waals surface area contributed by atoms with Crippen molar-refractivity contribution in [3.05, 3.63) is 33.8 Å². The highest BCUT2D eigenvalue weighted by Gasteiger charge is 2.17. The summed E-state index contributed by atoms with van der Waals surface area (Å²) in [5, 5.41) is 0. The summed E-state index contributed by atoms with van der Waals surface area (Å²) in [4.78, 5) is 0. The quantitative estimate of drug-likeness (QED) is 0.654. The predicted octanol–water partition coefficient (Wildman–Crippen LogP) is 3.67. The van der Waals surface area contributed by atoms with Crippen LogP contribution < -0.4 is 0 Å². The van der Waals surface area contributed by atoms with E-state index >= 15 is 0 Å². The highest BCUT2D eigenvalue weighted by molar-refractivity contribution is 9.10. The molecule has 0 aliphatic carbocycles. The average Bonchev–Trinajstić information content (AvgIpc) is 2.02. The summed E-state index contributed by atoms with van der Waals surface area (Å²) in [5.74, 6) is 2.79. The van der Waals surface area contributed by atoms with Crippen molar-refractivity contribution in [2.24, 2.45) is 0 Å². The van der Waals surface area contributed by atoms with Crippen LogP contribution in [0.1, 0.15) is 25.0 Å². The van der Waals surface area contributed by atoms with Gasteiger partial charge in [0.05, 0.1) is 5.41 Å². The maximum Gasteiger partial charge on any atom is 0.0504 e. The number of benzene rings is 1. The summed E-state index contributed by atoms with van der Waals surface area (Å²) in [6, 6.07) is 6.29. The van der Waals surface area contributed by atoms with Crippen LogP contribution in [0, 0.1) is 19.3 Å². The number of hydrogen-bond donors (Lipinski definition) is 0. The standard InChI is InChI=1S/C12H13Br/c1-5-12(3,4)10-6-9(2)7-11(13)8-10/h1,6-8H,2-4H3. The minimum atomic E-state index is -0.186. The number of aryl methyl sites for hydroxylation is 1. The van der Waals surface area contributed by atoms with E-state index < -0.39 is 0 Å². The van der Waals surface area contributed by atoms with Crippen molar-refractivity contribution in [2.75, 3.05) is 0 Å². The number of halogens is 1. The lowest BCUT2D eigenvalue weighted by Crippen LogP contribution is -2.13. The van der Waals surface area contributed by atoms with Crippen molar-refractivity contribution < 1.29 is 0 Å². The Kier molecular flexibility index (Phi) is 2.83. The molecule has 0 N–H and O–H groups in total. The molecule has 0 amide bonds. The number of terminal acetylenes is 1. The van der Waals surface area contributed by atoms with Crippen LogP contribution in [0.25, 0.3) is 0 Å². The van der Waals surface area contributed by atoms with Crippen molar-refractivity contribution in [1.29, 1.82) is 0 Å². The Morgan fingerprint density at radius 2 is 1.92 bits per heavy atom. The van der Waals surface area contributed by atoms with E-state index in [9.17, 15) is 0 Å². The fourth-order valence-corrected chi connectivity index (χ4v) is 1.79. The molecule has 0 aliphatic heterocycles. The third-order valence-electron chi connectivity index (χ3n) is 2.12. The molecule has 0 bridgehead atoms. The van der Waals surface area contributed by atoms with Crippen LogP contribution >= 0.6 is 15.9 Å². The Hall–Kier alpha value is -0.740. The zero-order valence-corrected chi connectivity index (χ0v) is 9.77. The molecule has 1 rings (SSSR count). The summed E-state index contributed by atoms with van der Waals surface area (Å²) in [6.45, 7) is 6.17. The number of rotatable bonds is 1. The SMILES string of the molecule is C#CC(C)(C)c1cc(C)cc(Br)c1. The van der Waals surface area contributed by atoms with Gasteiger partial charge in [-0.05, 0) is 44.0 Å². The zero-order chi connectivity index (χ0) is 10.1. The van der Waals surface area contributed by atoms with Crippen LogP contribution in [0.5, 0.6) is 0 Å². The molecule has 0 spiro atoms. The van der Waals surface area contributed by atoms with Crippen LogP contribution in [0.2, 0.25) is 0 Å². The van der Waals surface area contributed by atoms with Gasteiger partial charge in [0.2, 0.25) is 0 Å². The maximum atomic E-state index is 5.47. The molecule has 0 saturated carbocycles. The topological polar surface area (TPSA) is 0 Å². The van der Waals surface area contributed by atoms with Crippen LogP contribution in [-0.2, 0) is 5.41 Å². The van der Waals surface area contributed by atoms with Gasteiger partial charge in [-0.15, -0.1) is 6.42 Å². The molecule has 0 aliphatic rings. The van der Waals surface area contributed by atoms with Crippen molar-refractivity contribution >= 4 is 15.9 Å². The van der Waals surface area contributed by atoms with Crippen LogP contribution in [0.3, 0.4) is 0 Å². The lowest BCUT2D eigenvalue weighted by Gasteiger charge is -2.18. The summed E-state index contributed by atoms with van der Waals surface area (Å²) < 4.78 is 1.09. The number of hydrogen-bond acceptors (Lipinski definition) is 0. The van der Waals surface area contributed by atoms with Gasteiger partial charge in [-0.2, -0.15) is 0 Å². The highest BCUT2D eigenvalue weighted by atomic mass is 79.9. The van der Waals surface area contributed by atoms with E-state index in [1.54, 1.807) is 0 Å². The Balaban J connectivity index is 3.25. The van der Waals surface area contributed by atoms with Crippen molar-refractivity contribution in [2.45, 2.75) is 26.2 Å². The molecule has 0 saturated heterocycles. The first-order chi connectivity index (χ1) is 5.95. The van der Waals surface area contributed by atoms with E-state index in [0.717, 1.165) is 4.47 Å². The molecule has 13 heavy (non-hydrogen) atoms. The van der Waals surface area contributed by atoms with Crippen LogP contribution in [-0.4, -0.2) is 0 Å². The van der Waals surface area contributed by atoms with Gasteiger partial charge in [-0.25, -0.2) is 0 Å². The highest BCUT2D eigenvalue weighted by Crippen LogP contribution is 2.26. The van der Waals surface area contributed by atoms with Gasteiger partial charge in [-0.3, -0.25) is 0 Å². The molecule has 0 aromatic heterocycles. The summed E-state index contributed by atoms with van der Waals surface area (Å²) in [7, 11) is 0. The van der Waals surface area contributed by atoms with Gasteiger partial charge in [0.15, 0.2) is 0 Å². The molecule has 0 unspecified atom stereocenters. The second kappa shape index (κ2) is 3.55. The molecular formula is C12H13Br. The molecule has 1 aromatic carbocycles. The third kappa shape index (κ3) is 2.35. The monoisotopic (exact) mass is 236 g/mol. The zero-order valence-electron chi connectivity index (χ0n) is 8.19. The molecule has 0 atom stereocenters. The molecule has 0 nitrogen and oxygen atoms in total. The maximum absolute atomic E-state index is 5.47. The molecule has 0 fully saturated rings. The lowest BCUT2D eigenvalue weighted by atomic mass is 9.85. The van der Waals surface area contributed by atoms with Gasteiger partial charge >= 0.3 is 0 Å². The Morgan fingerprint density at radius 1 is 1.31 bits per heavy atom. The van der Waals surface area contributed by atoms with Crippen molar-refractivity contribution in [3.8, 4) is 12.3 Å². The summed E-state index contributed by atoms with van der Waals surface area (Å²) in [6.07, 6.45) is 5.47. The van der Waals surface area contributed by atoms with E-state index in [2.05, 4.69) is 47.0 Å². The Labute approximate surface area is 88.5 Å². The average molecular weight is 237 g/mol. The molecule has 1 heteroatoms. The second-order valence-electron chi connectivity index (χ2n) is 3.79. The predicted molar refractivity (Wildman–Crippen MR) is 60.7 cm³/mol. The fourth-order valence-electron chi connectivity index (χ4n) is 1.18. The largest absolute Gasteiger partial charge is 0.119 e. The summed E-state index contributed by atoms with van der Waals surface area (Å²) in [5.41, 5.74) is 2.23. The van der Waals surface area contributed by atoms with Crippen LogP contribution in [0.15, 0.2) is 22.7 Å². The van der Waals surface area contributed by atoms with Crippen molar-refractivity contribution in [3.63, 3.8) is 0 Å². The molecule has 0 heterocycles. The Bertz CT molecular complexity index is 336. The van der Waals surface area contributed by atoms with E-state index in [1.165, 1.54) is 11.1 Å². The van der Waals surface area contributed by atoms with Gasteiger partial charge in [0, 0.05) is 4.47 Å². The van der Waals surface area contributed by atoms with E-state index in [1.807, 2.05) is 13.8 Å². The van der Waals surface area contributed by atoms with Gasteiger partial charge < -0.3 is 0 Å². The van der Waals surface area contributed by atoms with E-state index in [0.29, 0.717) is 0 Å². The van der Waals surface area contributed by atoms with Gasteiger partial charge in [-0.1, -0.05) is 27.9 Å². The van der Waals surface area contributed by atoms with Gasteiger partial charge in [0.25, 0.3) is 0 Å². The first kappa shape index (κ1) is 10.3. The summed E-state index contributed by atoms with van der Waals surface area (Å²) >= 11 is 3.47. The van der Waals surface area contributed by atoms with E-state index in [4.69, 9.17) is 6.42 Å². The fraction of sp³-hybridized carbons (Fsp3) is 0.333. The minimum Gasteiger partial charge on any atom is -0.119 e. The second-order valence-corrected chi connectivity index (χ2v) is 4.70. The van der Waals surface area contributed by atoms with Gasteiger partial charge in [0.1, 0.15) is 0 Å². The molecular weight excluding hydrogens is 224 g/mol.